The maximum atomic E-state index is 14.1. The Hall–Kier alpha value is -1.38. The number of aryl methyl sites for hydroxylation is 2. The van der Waals surface area contributed by atoms with E-state index in [1.807, 2.05) is 0 Å². The van der Waals surface area contributed by atoms with Crippen molar-refractivity contribution in [1.29, 1.82) is 0 Å². The van der Waals surface area contributed by atoms with Crippen molar-refractivity contribution in [3.63, 3.8) is 0 Å². The molecule has 1 unspecified atom stereocenters. The second-order valence-corrected chi connectivity index (χ2v) is 5.78. The highest BCUT2D eigenvalue weighted by molar-refractivity contribution is 6.30. The molecule has 1 atom stereocenters. The summed E-state index contributed by atoms with van der Waals surface area (Å²) in [6.45, 7) is 7.09. The molecule has 0 spiro atoms. The third-order valence-corrected chi connectivity index (χ3v) is 4.13. The molecule has 0 aliphatic heterocycles. The van der Waals surface area contributed by atoms with Crippen LogP contribution in [0.15, 0.2) is 36.4 Å². The van der Waals surface area contributed by atoms with Crippen LogP contribution in [0, 0.1) is 19.7 Å². The third kappa shape index (κ3) is 3.84. The van der Waals surface area contributed by atoms with Crippen LogP contribution in [0.4, 0.5) is 4.39 Å². The Morgan fingerprint density at radius 2 is 1.90 bits per heavy atom. The first-order chi connectivity index (χ1) is 10.0. The molecule has 2 aromatic rings. The SMILES string of the molecule is CCNC(Cc1cccc(Cl)c1F)c1ccc(C)c(C)c1. The summed E-state index contributed by atoms with van der Waals surface area (Å²) in [5.41, 5.74) is 4.34. The van der Waals surface area contributed by atoms with Crippen molar-refractivity contribution in [3.05, 3.63) is 69.5 Å². The van der Waals surface area contributed by atoms with Crippen LogP contribution in [-0.2, 0) is 6.42 Å². The van der Waals surface area contributed by atoms with Gasteiger partial charge >= 0.3 is 0 Å². The van der Waals surface area contributed by atoms with Gasteiger partial charge in [0.15, 0.2) is 0 Å². The summed E-state index contributed by atoms with van der Waals surface area (Å²) in [5.74, 6) is -0.314. The van der Waals surface area contributed by atoms with E-state index in [2.05, 4.69) is 44.3 Å². The van der Waals surface area contributed by atoms with E-state index in [4.69, 9.17) is 11.6 Å². The zero-order valence-electron chi connectivity index (χ0n) is 12.7. The van der Waals surface area contributed by atoms with Gasteiger partial charge in [-0.25, -0.2) is 4.39 Å². The van der Waals surface area contributed by atoms with Crippen LogP contribution >= 0.6 is 11.6 Å². The fourth-order valence-electron chi connectivity index (χ4n) is 2.46. The molecule has 0 heterocycles. The van der Waals surface area contributed by atoms with Crippen molar-refractivity contribution < 1.29 is 4.39 Å². The lowest BCUT2D eigenvalue weighted by Gasteiger charge is -2.20. The summed E-state index contributed by atoms with van der Waals surface area (Å²) in [4.78, 5) is 0. The molecule has 2 aromatic carbocycles. The number of hydrogen-bond acceptors (Lipinski definition) is 1. The highest BCUT2D eigenvalue weighted by atomic mass is 35.5. The van der Waals surface area contributed by atoms with Crippen LogP contribution in [0.2, 0.25) is 5.02 Å². The fourth-order valence-corrected chi connectivity index (χ4v) is 2.66. The van der Waals surface area contributed by atoms with Crippen LogP contribution in [0.5, 0.6) is 0 Å². The lowest BCUT2D eigenvalue weighted by atomic mass is 9.95. The average molecular weight is 306 g/mol. The van der Waals surface area contributed by atoms with Gasteiger partial charge in [0.05, 0.1) is 5.02 Å². The topological polar surface area (TPSA) is 12.0 Å². The van der Waals surface area contributed by atoms with Crippen molar-refractivity contribution in [2.45, 2.75) is 33.2 Å². The second-order valence-electron chi connectivity index (χ2n) is 5.37. The van der Waals surface area contributed by atoms with Gasteiger partial charge in [-0.2, -0.15) is 0 Å². The van der Waals surface area contributed by atoms with Gasteiger partial charge in [-0.1, -0.05) is 48.9 Å². The second kappa shape index (κ2) is 7.06. The average Bonchev–Trinajstić information content (AvgIpc) is 2.46. The van der Waals surface area contributed by atoms with Crippen LogP contribution in [0.1, 0.15) is 35.2 Å². The van der Waals surface area contributed by atoms with Gasteiger partial charge < -0.3 is 5.32 Å². The van der Waals surface area contributed by atoms with Crippen LogP contribution in [-0.4, -0.2) is 6.54 Å². The number of hydrogen-bond donors (Lipinski definition) is 1. The highest BCUT2D eigenvalue weighted by Gasteiger charge is 2.15. The summed E-state index contributed by atoms with van der Waals surface area (Å²) in [6, 6.07) is 11.7. The van der Waals surface area contributed by atoms with Gasteiger partial charge in [-0.05, 0) is 55.1 Å². The lowest BCUT2D eigenvalue weighted by Crippen LogP contribution is -2.23. The monoisotopic (exact) mass is 305 g/mol. The number of halogens is 2. The van der Waals surface area contributed by atoms with E-state index in [0.717, 1.165) is 6.54 Å². The summed E-state index contributed by atoms with van der Waals surface area (Å²) in [5, 5.41) is 3.61. The fraction of sp³-hybridized carbons (Fsp3) is 0.333. The van der Waals surface area contributed by atoms with E-state index < -0.39 is 0 Å². The van der Waals surface area contributed by atoms with Crippen LogP contribution in [0.3, 0.4) is 0 Å². The number of rotatable bonds is 5. The van der Waals surface area contributed by atoms with Gasteiger partial charge in [0.25, 0.3) is 0 Å². The molecule has 3 heteroatoms. The van der Waals surface area contributed by atoms with Crippen molar-refractivity contribution in [2.24, 2.45) is 0 Å². The predicted molar refractivity (Wildman–Crippen MR) is 87.4 cm³/mol. The van der Waals surface area contributed by atoms with Crippen LogP contribution in [0.25, 0.3) is 0 Å². The first kappa shape index (κ1) is 16.0. The van der Waals surface area contributed by atoms with Gasteiger partial charge in [-0.15, -0.1) is 0 Å². The molecule has 2 rings (SSSR count). The minimum absolute atomic E-state index is 0.0854. The molecule has 0 fully saturated rings. The Bertz CT molecular complexity index is 625. The van der Waals surface area contributed by atoms with E-state index in [1.165, 1.54) is 16.7 Å². The minimum atomic E-state index is -0.314. The van der Waals surface area contributed by atoms with Gasteiger partial charge in [0.2, 0.25) is 0 Å². The predicted octanol–water partition coefficient (Wildman–Crippen LogP) is 4.99. The summed E-state index contributed by atoms with van der Waals surface area (Å²) < 4.78 is 14.1. The standard InChI is InChI=1S/C18H21ClFN/c1-4-21-17(14-9-8-12(2)13(3)10-14)11-15-6-5-7-16(19)18(15)20/h5-10,17,21H,4,11H2,1-3H3. The highest BCUT2D eigenvalue weighted by Crippen LogP contribution is 2.25. The maximum absolute atomic E-state index is 14.1. The van der Waals surface area contributed by atoms with Crippen molar-refractivity contribution in [1.82, 2.24) is 5.32 Å². The number of likely N-dealkylation sites (N-methyl/N-ethyl adjacent to an activating group) is 1. The van der Waals surface area contributed by atoms with Crippen LogP contribution < -0.4 is 5.32 Å². The quantitative estimate of drug-likeness (QED) is 0.820. The van der Waals surface area contributed by atoms with E-state index in [9.17, 15) is 4.39 Å². The number of benzene rings is 2. The van der Waals surface area contributed by atoms with Gasteiger partial charge in [0, 0.05) is 6.04 Å². The van der Waals surface area contributed by atoms with Gasteiger partial charge in [0.1, 0.15) is 5.82 Å². The molecule has 112 valence electrons. The van der Waals surface area contributed by atoms with Crippen molar-refractivity contribution in [3.8, 4) is 0 Å². The van der Waals surface area contributed by atoms with E-state index in [-0.39, 0.29) is 16.9 Å². The molecule has 0 saturated heterocycles. The largest absolute Gasteiger partial charge is 0.310 e. The molecule has 0 aromatic heterocycles. The molecule has 0 saturated carbocycles. The molecule has 0 radical (unpaired) electrons. The molecular formula is C18H21ClFN. The Balaban J connectivity index is 2.30. The lowest BCUT2D eigenvalue weighted by molar-refractivity contribution is 0.528. The Morgan fingerprint density at radius 1 is 1.14 bits per heavy atom. The first-order valence-corrected chi connectivity index (χ1v) is 7.64. The molecular weight excluding hydrogens is 285 g/mol. The summed E-state index contributed by atoms with van der Waals surface area (Å²) in [6.07, 6.45) is 0.586. The molecule has 0 amide bonds. The number of nitrogens with one attached hydrogen (secondary N) is 1. The molecule has 0 aliphatic rings. The normalized spacial score (nSPS) is 12.4. The minimum Gasteiger partial charge on any atom is -0.310 e. The van der Waals surface area contributed by atoms with E-state index in [0.29, 0.717) is 12.0 Å². The van der Waals surface area contributed by atoms with Crippen molar-refractivity contribution >= 4 is 11.6 Å². The molecule has 0 bridgehead atoms. The Labute approximate surface area is 131 Å². The molecule has 1 N–H and O–H groups in total. The smallest absolute Gasteiger partial charge is 0.145 e. The maximum Gasteiger partial charge on any atom is 0.145 e. The first-order valence-electron chi connectivity index (χ1n) is 7.26. The zero-order chi connectivity index (χ0) is 15.4. The molecule has 1 nitrogen and oxygen atoms in total. The Kier molecular flexibility index (Phi) is 5.38. The summed E-state index contributed by atoms with van der Waals surface area (Å²) >= 11 is 5.87. The van der Waals surface area contributed by atoms with Gasteiger partial charge in [-0.3, -0.25) is 0 Å². The third-order valence-electron chi connectivity index (χ3n) is 3.84. The van der Waals surface area contributed by atoms with E-state index >= 15 is 0 Å². The molecule has 21 heavy (non-hydrogen) atoms. The zero-order valence-corrected chi connectivity index (χ0v) is 13.5. The summed E-state index contributed by atoms with van der Waals surface area (Å²) in [7, 11) is 0. The Morgan fingerprint density at radius 3 is 2.57 bits per heavy atom. The van der Waals surface area contributed by atoms with Crippen molar-refractivity contribution in [2.75, 3.05) is 6.54 Å². The molecule has 0 aliphatic carbocycles. The van der Waals surface area contributed by atoms with E-state index in [1.54, 1.807) is 18.2 Å².